The van der Waals surface area contributed by atoms with Gasteiger partial charge in [-0.3, -0.25) is 0 Å². The highest BCUT2D eigenvalue weighted by molar-refractivity contribution is 7.90. The van der Waals surface area contributed by atoms with Gasteiger partial charge in [-0.15, -0.1) is 0 Å². The zero-order chi connectivity index (χ0) is 20.9. The molecule has 2 rings (SSSR count). The molecule has 0 saturated heterocycles. The summed E-state index contributed by atoms with van der Waals surface area (Å²) in [7, 11) is -4.19. The molecule has 2 N–H and O–H groups in total. The van der Waals surface area contributed by atoms with Crippen LogP contribution in [0.3, 0.4) is 0 Å². The molecule has 0 heterocycles. The van der Waals surface area contributed by atoms with Crippen LogP contribution >= 0.6 is 11.6 Å². The number of hydrogen-bond donors (Lipinski definition) is 2. The molecule has 2 aromatic rings. The van der Waals surface area contributed by atoms with Crippen molar-refractivity contribution in [2.24, 2.45) is 5.92 Å². The second kappa shape index (κ2) is 9.07. The van der Waals surface area contributed by atoms with Crippen LogP contribution < -0.4 is 4.72 Å². The van der Waals surface area contributed by atoms with Crippen molar-refractivity contribution < 1.29 is 23.1 Å². The third-order valence-corrected chi connectivity index (χ3v) is 5.61. The Hall–Kier alpha value is -2.58. The van der Waals surface area contributed by atoms with Gasteiger partial charge in [0.05, 0.1) is 4.90 Å². The standard InChI is InChI=1S/C19H21ClN2O5S/c1-13(2)17(18(23)24)22(12-14-6-4-3-5-7-14)19(25)21-28(26,27)16-10-8-15(20)9-11-16/h3-11,13,17H,12H2,1-2H3,(H,21,25)(H,23,24)/t17-/m0/s1. The Bertz CT molecular complexity index is 931. The predicted octanol–water partition coefficient (Wildman–Crippen LogP) is 3.35. The minimum absolute atomic E-state index is 0.0576. The van der Waals surface area contributed by atoms with Gasteiger partial charge in [-0.2, -0.15) is 0 Å². The van der Waals surface area contributed by atoms with Crippen molar-refractivity contribution in [1.82, 2.24) is 9.62 Å². The van der Waals surface area contributed by atoms with Crippen LogP contribution in [0, 0.1) is 5.92 Å². The molecule has 2 aromatic carbocycles. The first-order chi connectivity index (χ1) is 13.1. The fraction of sp³-hybridized carbons (Fsp3) is 0.263. The maximum absolute atomic E-state index is 12.8. The smallest absolute Gasteiger partial charge is 0.332 e. The van der Waals surface area contributed by atoms with Crippen molar-refractivity contribution >= 4 is 33.6 Å². The fourth-order valence-corrected chi connectivity index (χ4v) is 3.79. The maximum Gasteiger partial charge on any atom is 0.332 e. The molecule has 150 valence electrons. The van der Waals surface area contributed by atoms with Gasteiger partial charge in [0.25, 0.3) is 10.0 Å². The van der Waals surface area contributed by atoms with E-state index in [0.717, 1.165) is 4.90 Å². The average molecular weight is 425 g/mol. The number of aliphatic carboxylic acids is 1. The molecule has 2 amide bonds. The number of nitrogens with zero attached hydrogens (tertiary/aromatic N) is 1. The van der Waals surface area contributed by atoms with E-state index in [1.54, 1.807) is 44.2 Å². The first-order valence-electron chi connectivity index (χ1n) is 8.47. The zero-order valence-electron chi connectivity index (χ0n) is 15.4. The number of hydrogen-bond acceptors (Lipinski definition) is 4. The Balaban J connectivity index is 2.34. The first kappa shape index (κ1) is 21.7. The summed E-state index contributed by atoms with van der Waals surface area (Å²) in [6, 6.07) is 11.8. The van der Waals surface area contributed by atoms with Crippen LogP contribution in [0.5, 0.6) is 0 Å². The number of rotatable bonds is 7. The van der Waals surface area contributed by atoms with E-state index in [1.807, 2.05) is 4.72 Å². The number of nitrogens with one attached hydrogen (secondary N) is 1. The third kappa shape index (κ3) is 5.46. The van der Waals surface area contributed by atoms with Gasteiger partial charge in [-0.25, -0.2) is 22.7 Å². The largest absolute Gasteiger partial charge is 0.480 e. The molecule has 0 fully saturated rings. The Morgan fingerprint density at radius 3 is 2.14 bits per heavy atom. The van der Waals surface area contributed by atoms with E-state index in [0.29, 0.717) is 10.6 Å². The van der Waals surface area contributed by atoms with Crippen molar-refractivity contribution in [3.05, 3.63) is 65.2 Å². The summed E-state index contributed by atoms with van der Waals surface area (Å²) in [5.41, 5.74) is 0.674. The highest BCUT2D eigenvalue weighted by Crippen LogP contribution is 2.18. The van der Waals surface area contributed by atoms with Gasteiger partial charge < -0.3 is 10.0 Å². The maximum atomic E-state index is 12.8. The first-order valence-corrected chi connectivity index (χ1v) is 10.3. The summed E-state index contributed by atoms with van der Waals surface area (Å²) in [6.45, 7) is 3.24. The lowest BCUT2D eigenvalue weighted by atomic mass is 10.0. The van der Waals surface area contributed by atoms with Gasteiger partial charge in [0.15, 0.2) is 0 Å². The van der Waals surface area contributed by atoms with Crippen molar-refractivity contribution in [2.45, 2.75) is 31.3 Å². The predicted molar refractivity (Wildman–Crippen MR) is 105 cm³/mol. The lowest BCUT2D eigenvalue weighted by Crippen LogP contribution is -2.52. The Kier molecular flexibility index (Phi) is 7.04. The van der Waals surface area contributed by atoms with Crippen LogP contribution in [0.15, 0.2) is 59.5 Å². The Morgan fingerprint density at radius 2 is 1.64 bits per heavy atom. The molecule has 1 atom stereocenters. The number of carbonyl (C=O) groups is 2. The molecule has 0 saturated carbocycles. The van der Waals surface area contributed by atoms with Gasteiger partial charge in [0, 0.05) is 11.6 Å². The lowest BCUT2D eigenvalue weighted by molar-refractivity contribution is -0.144. The van der Waals surface area contributed by atoms with Gasteiger partial charge in [0.2, 0.25) is 0 Å². The second-order valence-corrected chi connectivity index (χ2v) is 8.62. The molecule has 0 bridgehead atoms. The van der Waals surface area contributed by atoms with Crippen LogP contribution in [0.25, 0.3) is 0 Å². The highest BCUT2D eigenvalue weighted by atomic mass is 35.5. The molecule has 9 heteroatoms. The Labute approximate surface area is 169 Å². The molecular weight excluding hydrogens is 404 g/mol. The normalized spacial score (nSPS) is 12.4. The fourth-order valence-electron chi connectivity index (χ4n) is 2.70. The average Bonchev–Trinajstić information content (AvgIpc) is 2.61. The summed E-state index contributed by atoms with van der Waals surface area (Å²) < 4.78 is 27.0. The van der Waals surface area contributed by atoms with Crippen LogP contribution in [0.1, 0.15) is 19.4 Å². The molecule has 7 nitrogen and oxygen atoms in total. The molecule has 0 unspecified atom stereocenters. The number of carboxylic acid groups (broad SMARTS) is 1. The van der Waals surface area contributed by atoms with E-state index in [-0.39, 0.29) is 11.4 Å². The molecule has 0 aromatic heterocycles. The number of carboxylic acids is 1. The summed E-state index contributed by atoms with van der Waals surface area (Å²) in [4.78, 5) is 25.4. The summed E-state index contributed by atoms with van der Waals surface area (Å²) in [5, 5.41) is 9.95. The van der Waals surface area contributed by atoms with Gasteiger partial charge in [-0.05, 0) is 35.7 Å². The Morgan fingerprint density at radius 1 is 1.07 bits per heavy atom. The van der Waals surface area contributed by atoms with Crippen LogP contribution in [-0.4, -0.2) is 36.5 Å². The molecule has 0 aliphatic carbocycles. The van der Waals surface area contributed by atoms with E-state index in [4.69, 9.17) is 11.6 Å². The number of benzene rings is 2. The van der Waals surface area contributed by atoms with Crippen LogP contribution in [0.2, 0.25) is 5.02 Å². The van der Waals surface area contributed by atoms with Crippen molar-refractivity contribution in [1.29, 1.82) is 0 Å². The lowest BCUT2D eigenvalue weighted by Gasteiger charge is -2.31. The van der Waals surface area contributed by atoms with Crippen molar-refractivity contribution in [3.8, 4) is 0 Å². The van der Waals surface area contributed by atoms with E-state index >= 15 is 0 Å². The minimum Gasteiger partial charge on any atom is -0.480 e. The van der Waals surface area contributed by atoms with Gasteiger partial charge in [0.1, 0.15) is 6.04 Å². The summed E-state index contributed by atoms with van der Waals surface area (Å²) in [6.07, 6.45) is 0. The van der Waals surface area contributed by atoms with Crippen molar-refractivity contribution in [2.75, 3.05) is 0 Å². The topological polar surface area (TPSA) is 104 Å². The van der Waals surface area contributed by atoms with E-state index in [2.05, 4.69) is 0 Å². The molecule has 28 heavy (non-hydrogen) atoms. The molecule has 0 aliphatic rings. The molecular formula is C19H21ClN2O5S. The number of amides is 2. The van der Waals surface area contributed by atoms with Gasteiger partial charge >= 0.3 is 12.0 Å². The summed E-state index contributed by atoms with van der Waals surface area (Å²) >= 11 is 5.76. The monoisotopic (exact) mass is 424 g/mol. The number of carbonyl (C=O) groups excluding carboxylic acids is 1. The van der Waals surface area contributed by atoms with E-state index in [9.17, 15) is 23.1 Å². The second-order valence-electron chi connectivity index (χ2n) is 6.51. The number of halogens is 1. The minimum atomic E-state index is -4.19. The molecule has 0 radical (unpaired) electrons. The third-order valence-electron chi connectivity index (χ3n) is 4.02. The van der Waals surface area contributed by atoms with E-state index < -0.39 is 34.0 Å². The quantitative estimate of drug-likeness (QED) is 0.709. The molecule has 0 spiro atoms. The highest BCUT2D eigenvalue weighted by Gasteiger charge is 2.34. The number of sulfonamides is 1. The zero-order valence-corrected chi connectivity index (χ0v) is 16.9. The SMILES string of the molecule is CC(C)[C@@H](C(=O)O)N(Cc1ccccc1)C(=O)NS(=O)(=O)c1ccc(Cl)cc1. The van der Waals surface area contributed by atoms with E-state index in [1.165, 1.54) is 24.3 Å². The van der Waals surface area contributed by atoms with Gasteiger partial charge in [-0.1, -0.05) is 55.8 Å². The van der Waals surface area contributed by atoms with Crippen LogP contribution in [0.4, 0.5) is 4.79 Å². The van der Waals surface area contributed by atoms with Crippen LogP contribution in [-0.2, 0) is 21.4 Å². The molecule has 0 aliphatic heterocycles. The number of urea groups is 1. The summed E-state index contributed by atoms with van der Waals surface area (Å²) in [5.74, 6) is -1.66. The van der Waals surface area contributed by atoms with Crippen molar-refractivity contribution in [3.63, 3.8) is 0 Å².